The predicted molar refractivity (Wildman–Crippen MR) is 52.1 cm³/mol. The van der Waals surface area contributed by atoms with Crippen LogP contribution < -0.4 is 5.32 Å². The number of hydrogen-bond acceptors (Lipinski definition) is 4. The molecule has 1 amide bonds. The van der Waals surface area contributed by atoms with Crippen molar-refractivity contribution >= 4 is 5.91 Å². The molecule has 15 heavy (non-hydrogen) atoms. The molecule has 0 spiro atoms. The highest BCUT2D eigenvalue weighted by Crippen LogP contribution is 2.06. The molecule has 0 bridgehead atoms. The Bertz CT molecular complexity index is 361. The molecule has 1 aromatic rings. The molecule has 6 heteroatoms. The van der Waals surface area contributed by atoms with Crippen molar-refractivity contribution in [1.82, 2.24) is 20.1 Å². The Balaban J connectivity index is 2.11. The quantitative estimate of drug-likeness (QED) is 0.713. The van der Waals surface area contributed by atoms with Gasteiger partial charge < -0.3 is 14.6 Å². The van der Waals surface area contributed by atoms with E-state index in [1.165, 1.54) is 6.92 Å². The Hall–Kier alpha value is -1.43. The minimum absolute atomic E-state index is 0.0581. The lowest BCUT2D eigenvalue weighted by atomic mass is 10.4. The van der Waals surface area contributed by atoms with Crippen LogP contribution in [0.25, 0.3) is 0 Å². The second-order valence-electron chi connectivity index (χ2n) is 3.46. The van der Waals surface area contributed by atoms with Crippen LogP contribution in [0.3, 0.4) is 0 Å². The molecular weight excluding hydrogens is 196 g/mol. The third-order valence-corrected chi connectivity index (χ3v) is 2.33. The van der Waals surface area contributed by atoms with Crippen molar-refractivity contribution in [2.24, 2.45) is 0 Å². The molecule has 0 unspecified atom stereocenters. The highest BCUT2D eigenvalue weighted by atomic mass is 16.5. The third-order valence-electron chi connectivity index (χ3n) is 2.33. The van der Waals surface area contributed by atoms with E-state index in [-0.39, 0.29) is 5.91 Å². The van der Waals surface area contributed by atoms with Crippen LogP contribution in [-0.4, -0.2) is 33.9 Å². The van der Waals surface area contributed by atoms with Gasteiger partial charge in [0.25, 0.3) is 0 Å². The Kier molecular flexibility index (Phi) is 2.96. The van der Waals surface area contributed by atoms with Gasteiger partial charge in [-0.1, -0.05) is 0 Å². The smallest absolute Gasteiger partial charge is 0.217 e. The second-order valence-corrected chi connectivity index (χ2v) is 3.46. The van der Waals surface area contributed by atoms with Crippen LogP contribution in [0.2, 0.25) is 0 Å². The van der Waals surface area contributed by atoms with E-state index in [1.54, 1.807) is 0 Å². The average Bonchev–Trinajstić information content (AvgIpc) is 2.44. The maximum absolute atomic E-state index is 10.8. The molecule has 1 N–H and O–H groups in total. The van der Waals surface area contributed by atoms with Crippen LogP contribution >= 0.6 is 0 Å². The highest BCUT2D eigenvalue weighted by molar-refractivity contribution is 5.72. The topological polar surface area (TPSA) is 69.0 Å². The molecular formula is C9H14N4O2. The summed E-state index contributed by atoms with van der Waals surface area (Å²) < 4.78 is 7.36. The number of nitrogens with one attached hydrogen (secondary N) is 1. The number of fused-ring (bicyclic) bond motifs is 1. The maximum Gasteiger partial charge on any atom is 0.217 e. The molecule has 0 atom stereocenters. The lowest BCUT2D eigenvalue weighted by molar-refractivity contribution is -0.119. The molecule has 0 fully saturated rings. The molecule has 6 nitrogen and oxygen atoms in total. The third kappa shape index (κ3) is 2.33. The Morgan fingerprint density at radius 2 is 2.40 bits per heavy atom. The SMILES string of the molecule is CC(=O)NCc1nnc2n1CCOCC2. The normalized spacial score (nSPS) is 15.5. The van der Waals surface area contributed by atoms with E-state index in [1.807, 2.05) is 4.57 Å². The van der Waals surface area contributed by atoms with Gasteiger partial charge >= 0.3 is 0 Å². The van der Waals surface area contributed by atoms with E-state index in [9.17, 15) is 4.79 Å². The van der Waals surface area contributed by atoms with E-state index in [0.29, 0.717) is 19.8 Å². The van der Waals surface area contributed by atoms with Crippen LogP contribution in [0, 0.1) is 0 Å². The monoisotopic (exact) mass is 210 g/mol. The van der Waals surface area contributed by atoms with Crippen molar-refractivity contribution in [3.05, 3.63) is 11.6 Å². The molecule has 1 aromatic heterocycles. The molecule has 0 saturated heterocycles. The molecule has 2 rings (SSSR count). The minimum Gasteiger partial charge on any atom is -0.379 e. The fraction of sp³-hybridized carbons (Fsp3) is 0.667. The summed E-state index contributed by atoms with van der Waals surface area (Å²) in [5.74, 6) is 1.68. The Morgan fingerprint density at radius 3 is 3.20 bits per heavy atom. The number of ether oxygens (including phenoxy) is 1. The summed E-state index contributed by atoms with van der Waals surface area (Å²) >= 11 is 0. The predicted octanol–water partition coefficient (Wildman–Crippen LogP) is -0.513. The first-order valence-corrected chi connectivity index (χ1v) is 5.00. The van der Waals surface area contributed by atoms with Crippen LogP contribution in [0.5, 0.6) is 0 Å². The summed E-state index contributed by atoms with van der Waals surface area (Å²) in [6.45, 7) is 4.05. The van der Waals surface area contributed by atoms with Crippen molar-refractivity contribution in [1.29, 1.82) is 0 Å². The first-order valence-electron chi connectivity index (χ1n) is 5.00. The molecule has 0 aliphatic carbocycles. The van der Waals surface area contributed by atoms with E-state index in [0.717, 1.165) is 24.6 Å². The van der Waals surface area contributed by atoms with Gasteiger partial charge in [0.15, 0.2) is 5.82 Å². The fourth-order valence-corrected chi connectivity index (χ4v) is 1.57. The number of carbonyl (C=O) groups excluding carboxylic acids is 1. The molecule has 0 radical (unpaired) electrons. The Morgan fingerprint density at radius 1 is 1.53 bits per heavy atom. The number of carbonyl (C=O) groups is 1. The number of hydrogen-bond donors (Lipinski definition) is 1. The van der Waals surface area contributed by atoms with E-state index in [2.05, 4.69) is 15.5 Å². The summed E-state index contributed by atoms with van der Waals surface area (Å²) in [6.07, 6.45) is 0.785. The zero-order valence-corrected chi connectivity index (χ0v) is 8.69. The first-order chi connectivity index (χ1) is 7.27. The van der Waals surface area contributed by atoms with Crippen LogP contribution in [0.1, 0.15) is 18.6 Å². The van der Waals surface area contributed by atoms with Crippen molar-refractivity contribution in [2.45, 2.75) is 26.4 Å². The van der Waals surface area contributed by atoms with Gasteiger partial charge in [0.1, 0.15) is 5.82 Å². The zero-order chi connectivity index (χ0) is 10.7. The van der Waals surface area contributed by atoms with E-state index >= 15 is 0 Å². The Labute approximate surface area is 87.6 Å². The van der Waals surface area contributed by atoms with Gasteiger partial charge in [-0.15, -0.1) is 10.2 Å². The van der Waals surface area contributed by atoms with Crippen molar-refractivity contribution in [3.8, 4) is 0 Å². The van der Waals surface area contributed by atoms with Gasteiger partial charge in [0, 0.05) is 19.9 Å². The average molecular weight is 210 g/mol. The van der Waals surface area contributed by atoms with Gasteiger partial charge in [0.05, 0.1) is 19.8 Å². The van der Waals surface area contributed by atoms with Gasteiger partial charge in [-0.25, -0.2) is 0 Å². The van der Waals surface area contributed by atoms with Crippen LogP contribution in [-0.2, 0) is 29.0 Å². The van der Waals surface area contributed by atoms with Gasteiger partial charge in [-0.3, -0.25) is 4.79 Å². The highest BCUT2D eigenvalue weighted by Gasteiger charge is 2.14. The largest absolute Gasteiger partial charge is 0.379 e. The van der Waals surface area contributed by atoms with Crippen molar-refractivity contribution in [2.75, 3.05) is 13.2 Å². The zero-order valence-electron chi connectivity index (χ0n) is 8.69. The fourth-order valence-electron chi connectivity index (χ4n) is 1.57. The molecule has 0 aromatic carbocycles. The van der Waals surface area contributed by atoms with Crippen molar-refractivity contribution < 1.29 is 9.53 Å². The molecule has 1 aliphatic rings. The number of nitrogens with zero attached hydrogens (tertiary/aromatic N) is 3. The first kappa shape index (κ1) is 10.1. The summed E-state index contributed by atoms with van der Waals surface area (Å²) in [4.78, 5) is 10.8. The maximum atomic E-state index is 10.8. The molecule has 2 heterocycles. The molecule has 0 saturated carbocycles. The number of rotatable bonds is 2. The second kappa shape index (κ2) is 4.39. The summed E-state index contributed by atoms with van der Waals surface area (Å²) in [7, 11) is 0. The number of amides is 1. The van der Waals surface area contributed by atoms with Crippen molar-refractivity contribution in [3.63, 3.8) is 0 Å². The summed E-state index contributed by atoms with van der Waals surface area (Å²) in [6, 6.07) is 0. The summed E-state index contributed by atoms with van der Waals surface area (Å²) in [5, 5.41) is 10.8. The van der Waals surface area contributed by atoms with E-state index < -0.39 is 0 Å². The lowest BCUT2D eigenvalue weighted by Gasteiger charge is -2.06. The number of aromatic nitrogens is 3. The molecule has 82 valence electrons. The standard InChI is InChI=1S/C9H14N4O2/c1-7(14)10-6-9-12-11-8-2-4-15-5-3-13(8)9/h2-6H2,1H3,(H,10,14). The van der Waals surface area contributed by atoms with Gasteiger partial charge in [-0.2, -0.15) is 0 Å². The van der Waals surface area contributed by atoms with Crippen LogP contribution in [0.15, 0.2) is 0 Å². The van der Waals surface area contributed by atoms with Gasteiger partial charge in [-0.05, 0) is 0 Å². The summed E-state index contributed by atoms with van der Waals surface area (Å²) in [5.41, 5.74) is 0. The van der Waals surface area contributed by atoms with Crippen LogP contribution in [0.4, 0.5) is 0 Å². The lowest BCUT2D eigenvalue weighted by Crippen LogP contribution is -2.22. The van der Waals surface area contributed by atoms with Gasteiger partial charge in [0.2, 0.25) is 5.91 Å². The van der Waals surface area contributed by atoms with E-state index in [4.69, 9.17) is 4.74 Å². The minimum atomic E-state index is -0.0581. The molecule has 1 aliphatic heterocycles.